The minimum atomic E-state index is 0.222. The number of ether oxygens (including phenoxy) is 1. The lowest BCUT2D eigenvalue weighted by Crippen LogP contribution is -2.07. The van der Waals surface area contributed by atoms with Crippen molar-refractivity contribution < 1.29 is 9.53 Å². The van der Waals surface area contributed by atoms with Gasteiger partial charge in [0.2, 0.25) is 5.88 Å². The highest BCUT2D eigenvalue weighted by Crippen LogP contribution is 2.23. The van der Waals surface area contributed by atoms with Gasteiger partial charge in [-0.25, -0.2) is 4.98 Å². The number of ketones is 1. The number of pyridine rings is 1. The van der Waals surface area contributed by atoms with Crippen molar-refractivity contribution in [1.82, 2.24) is 4.98 Å². The lowest BCUT2D eigenvalue weighted by atomic mass is 10.0. The van der Waals surface area contributed by atoms with Gasteiger partial charge in [-0.2, -0.15) is 0 Å². The number of hydrogen-bond acceptors (Lipinski definition) is 3. The summed E-state index contributed by atoms with van der Waals surface area (Å²) in [6.07, 6.45) is 6.21. The Hall–Kier alpha value is -2.16. The Bertz CT molecular complexity index is 647. The van der Waals surface area contributed by atoms with E-state index < -0.39 is 0 Å². The average Bonchev–Trinajstić information content (AvgIpc) is 2.95. The normalized spacial score (nSPS) is 13.0. The van der Waals surface area contributed by atoms with Crippen molar-refractivity contribution in [3.8, 4) is 5.88 Å². The molecule has 1 aliphatic carbocycles. The van der Waals surface area contributed by atoms with Crippen LogP contribution in [0.15, 0.2) is 36.5 Å². The van der Waals surface area contributed by atoms with Crippen molar-refractivity contribution >= 4 is 5.78 Å². The molecule has 1 heterocycles. The Balaban J connectivity index is 1.63. The van der Waals surface area contributed by atoms with Crippen LogP contribution in [0.5, 0.6) is 5.88 Å². The van der Waals surface area contributed by atoms with E-state index in [0.29, 0.717) is 18.7 Å². The minimum Gasteiger partial charge on any atom is -0.481 e. The third-order valence-corrected chi connectivity index (χ3v) is 3.97. The van der Waals surface area contributed by atoms with E-state index in [-0.39, 0.29) is 5.78 Å². The number of methoxy groups -OCH3 is 1. The van der Waals surface area contributed by atoms with Crippen molar-refractivity contribution in [2.75, 3.05) is 7.11 Å². The lowest BCUT2D eigenvalue weighted by molar-refractivity contribution is -0.117. The van der Waals surface area contributed by atoms with E-state index in [0.717, 1.165) is 17.5 Å². The van der Waals surface area contributed by atoms with Crippen LogP contribution in [0.25, 0.3) is 0 Å². The lowest BCUT2D eigenvalue weighted by Gasteiger charge is -2.05. The number of carbonyl (C=O) groups excluding carboxylic acids is 1. The van der Waals surface area contributed by atoms with Crippen molar-refractivity contribution in [2.24, 2.45) is 0 Å². The van der Waals surface area contributed by atoms with Crippen molar-refractivity contribution in [3.05, 3.63) is 58.8 Å². The Morgan fingerprint density at radius 2 is 1.86 bits per heavy atom. The van der Waals surface area contributed by atoms with Crippen LogP contribution in [0.4, 0.5) is 0 Å². The molecule has 0 N–H and O–H groups in total. The van der Waals surface area contributed by atoms with Gasteiger partial charge in [-0.15, -0.1) is 0 Å². The van der Waals surface area contributed by atoms with Crippen LogP contribution in [0.1, 0.15) is 28.7 Å². The van der Waals surface area contributed by atoms with Crippen LogP contribution in [0.3, 0.4) is 0 Å². The monoisotopic (exact) mass is 281 g/mol. The number of nitrogens with zero attached hydrogens (tertiary/aromatic N) is 1. The summed E-state index contributed by atoms with van der Waals surface area (Å²) in [5.74, 6) is 0.796. The van der Waals surface area contributed by atoms with Crippen molar-refractivity contribution in [2.45, 2.75) is 32.1 Å². The summed E-state index contributed by atoms with van der Waals surface area (Å²) in [6.45, 7) is 0. The maximum Gasteiger partial charge on any atom is 0.212 e. The summed E-state index contributed by atoms with van der Waals surface area (Å²) in [6, 6.07) is 10.2. The predicted octanol–water partition coefficient (Wildman–Crippen LogP) is 2.93. The summed E-state index contributed by atoms with van der Waals surface area (Å²) >= 11 is 0. The number of aromatic nitrogens is 1. The zero-order valence-electron chi connectivity index (χ0n) is 12.3. The second-order valence-electron chi connectivity index (χ2n) is 5.56. The molecule has 1 aromatic heterocycles. The molecule has 0 atom stereocenters. The van der Waals surface area contributed by atoms with Crippen molar-refractivity contribution in [1.29, 1.82) is 0 Å². The summed E-state index contributed by atoms with van der Waals surface area (Å²) in [4.78, 5) is 16.3. The van der Waals surface area contributed by atoms with E-state index >= 15 is 0 Å². The molecule has 21 heavy (non-hydrogen) atoms. The summed E-state index contributed by atoms with van der Waals surface area (Å²) < 4.78 is 5.02. The van der Waals surface area contributed by atoms with Crippen LogP contribution in [-0.2, 0) is 30.5 Å². The quantitative estimate of drug-likeness (QED) is 0.846. The number of Topliss-reactive ketones (excluding diaryl/α,β-unsaturated/α-hetero) is 1. The number of aryl methyl sites for hydroxylation is 2. The number of benzene rings is 1. The largest absolute Gasteiger partial charge is 0.481 e. The molecule has 3 heteroatoms. The van der Waals surface area contributed by atoms with E-state index in [1.165, 1.54) is 24.0 Å². The van der Waals surface area contributed by atoms with Crippen LogP contribution in [0, 0.1) is 0 Å². The van der Waals surface area contributed by atoms with Crippen LogP contribution in [-0.4, -0.2) is 17.9 Å². The molecule has 0 saturated heterocycles. The Kier molecular flexibility index (Phi) is 4.00. The third-order valence-electron chi connectivity index (χ3n) is 3.97. The van der Waals surface area contributed by atoms with Gasteiger partial charge in [0.05, 0.1) is 7.11 Å². The molecule has 0 fully saturated rings. The van der Waals surface area contributed by atoms with E-state index in [1.807, 2.05) is 6.07 Å². The van der Waals surface area contributed by atoms with Crippen LogP contribution < -0.4 is 4.74 Å². The Labute approximate surface area is 125 Å². The first-order valence-corrected chi connectivity index (χ1v) is 7.36. The average molecular weight is 281 g/mol. The first-order chi connectivity index (χ1) is 10.2. The molecule has 0 saturated carbocycles. The molecule has 0 aliphatic heterocycles. The van der Waals surface area contributed by atoms with Gasteiger partial charge in [-0.05, 0) is 41.5 Å². The number of rotatable bonds is 5. The molecule has 0 bridgehead atoms. The van der Waals surface area contributed by atoms with Gasteiger partial charge >= 0.3 is 0 Å². The van der Waals surface area contributed by atoms with Gasteiger partial charge in [0.15, 0.2) is 0 Å². The molecular formula is C18H19NO2. The molecular weight excluding hydrogens is 262 g/mol. The molecule has 3 rings (SSSR count). The number of hydrogen-bond donors (Lipinski definition) is 0. The zero-order chi connectivity index (χ0) is 14.7. The maximum absolute atomic E-state index is 12.2. The van der Waals surface area contributed by atoms with E-state index in [4.69, 9.17) is 4.74 Å². The summed E-state index contributed by atoms with van der Waals surface area (Å²) in [5, 5.41) is 0. The molecule has 0 spiro atoms. The van der Waals surface area contributed by atoms with Crippen LogP contribution in [0.2, 0.25) is 0 Å². The summed E-state index contributed by atoms with van der Waals surface area (Å²) in [7, 11) is 1.58. The first kappa shape index (κ1) is 13.8. The molecule has 108 valence electrons. The van der Waals surface area contributed by atoms with Gasteiger partial charge in [-0.3, -0.25) is 4.79 Å². The van der Waals surface area contributed by atoms with Gasteiger partial charge in [-0.1, -0.05) is 24.3 Å². The molecule has 1 aliphatic rings. The Morgan fingerprint density at radius 3 is 2.62 bits per heavy atom. The number of fused-ring (bicyclic) bond motifs is 1. The molecule has 3 nitrogen and oxygen atoms in total. The van der Waals surface area contributed by atoms with E-state index in [2.05, 4.69) is 23.2 Å². The molecule has 1 aromatic carbocycles. The highest BCUT2D eigenvalue weighted by atomic mass is 16.5. The van der Waals surface area contributed by atoms with E-state index in [1.54, 1.807) is 19.4 Å². The van der Waals surface area contributed by atoms with Gasteiger partial charge in [0.1, 0.15) is 5.78 Å². The molecule has 0 amide bonds. The van der Waals surface area contributed by atoms with E-state index in [9.17, 15) is 4.79 Å². The van der Waals surface area contributed by atoms with Crippen molar-refractivity contribution in [3.63, 3.8) is 0 Å². The number of carbonyl (C=O) groups is 1. The second kappa shape index (κ2) is 6.08. The fraction of sp³-hybridized carbons (Fsp3) is 0.333. The fourth-order valence-corrected chi connectivity index (χ4v) is 2.89. The summed E-state index contributed by atoms with van der Waals surface area (Å²) in [5.41, 5.74) is 4.93. The van der Waals surface area contributed by atoms with Gasteiger partial charge in [0, 0.05) is 25.1 Å². The van der Waals surface area contributed by atoms with Gasteiger partial charge < -0.3 is 4.74 Å². The SMILES string of the molecule is COc1ccc(CC(=O)Cc2ccc3c(c2)CCC3)cn1. The fourth-order valence-electron chi connectivity index (χ4n) is 2.89. The third kappa shape index (κ3) is 3.30. The molecule has 0 radical (unpaired) electrons. The van der Waals surface area contributed by atoms with Crippen LogP contribution >= 0.6 is 0 Å². The first-order valence-electron chi connectivity index (χ1n) is 7.36. The smallest absolute Gasteiger partial charge is 0.212 e. The topological polar surface area (TPSA) is 39.2 Å². The second-order valence-corrected chi connectivity index (χ2v) is 5.56. The maximum atomic E-state index is 12.2. The highest BCUT2D eigenvalue weighted by molar-refractivity contribution is 5.83. The zero-order valence-corrected chi connectivity index (χ0v) is 12.3. The predicted molar refractivity (Wildman–Crippen MR) is 81.7 cm³/mol. The minimum absolute atomic E-state index is 0.222. The standard InChI is InChI=1S/C18H19NO2/c1-21-18-8-6-14(12-19-18)11-17(20)10-13-5-7-15-3-2-4-16(15)9-13/h5-9,12H,2-4,10-11H2,1H3. The molecule has 0 unspecified atom stereocenters. The highest BCUT2D eigenvalue weighted by Gasteiger charge is 2.12. The molecule has 2 aromatic rings. The van der Waals surface area contributed by atoms with Gasteiger partial charge in [0.25, 0.3) is 0 Å². The Morgan fingerprint density at radius 1 is 1.10 bits per heavy atom.